The summed E-state index contributed by atoms with van der Waals surface area (Å²) in [6.45, 7) is 3.86. The minimum Gasteiger partial charge on any atom is -0.355 e. The molecule has 0 aromatic heterocycles. The largest absolute Gasteiger partial charge is 0.355 e. The van der Waals surface area contributed by atoms with Gasteiger partial charge in [-0.3, -0.25) is 9.59 Å². The Morgan fingerprint density at radius 2 is 1.36 bits per heavy atom. The van der Waals surface area contributed by atoms with E-state index >= 15 is 0 Å². The first kappa shape index (κ1) is 21.5. The van der Waals surface area contributed by atoms with Gasteiger partial charge in [-0.2, -0.15) is 0 Å². The third kappa shape index (κ3) is 15.9. The van der Waals surface area contributed by atoms with Crippen LogP contribution < -0.4 is 27.4 Å². The van der Waals surface area contributed by atoms with Crippen LogP contribution in [0.1, 0.15) is 19.3 Å². The quantitative estimate of drug-likeness (QED) is 0.195. The molecule has 0 saturated carbocycles. The van der Waals surface area contributed by atoms with Gasteiger partial charge in [0, 0.05) is 57.1 Å². The highest BCUT2D eigenvalue weighted by molar-refractivity contribution is 8.76. The first-order valence-corrected chi connectivity index (χ1v) is 10.1. The van der Waals surface area contributed by atoms with Crippen LogP contribution in [0.4, 0.5) is 0 Å². The Hall–Kier alpha value is -0.480. The summed E-state index contributed by atoms with van der Waals surface area (Å²) in [4.78, 5) is 22.7. The second-order valence-electron chi connectivity index (χ2n) is 4.52. The normalized spacial score (nSPS) is 10.5. The maximum atomic E-state index is 11.4. The minimum atomic E-state index is 0.0577. The summed E-state index contributed by atoms with van der Waals surface area (Å²) in [6.07, 6.45) is 1.71. The smallest absolute Gasteiger partial charge is 0.221 e. The number of hydrogen-bond donors (Lipinski definition) is 5. The van der Waals surface area contributed by atoms with Crippen LogP contribution in [0.15, 0.2) is 0 Å². The second-order valence-corrected chi connectivity index (χ2v) is 7.23. The molecule has 0 bridgehead atoms. The fraction of sp³-hybridized carbons (Fsp3) is 0.846. The SMILES string of the molecule is NCCCC(=O)NCCSSCCNC(=O)CCNCCN. The molecule has 7 nitrogen and oxygen atoms in total. The molecular formula is C13H29N5O2S2. The number of nitrogens with two attached hydrogens (primary N) is 2. The van der Waals surface area contributed by atoms with Gasteiger partial charge < -0.3 is 27.4 Å². The van der Waals surface area contributed by atoms with Gasteiger partial charge in [-0.25, -0.2) is 0 Å². The molecule has 0 aromatic carbocycles. The Morgan fingerprint density at radius 1 is 0.773 bits per heavy atom. The van der Waals surface area contributed by atoms with Crippen molar-refractivity contribution in [2.75, 3.05) is 50.8 Å². The van der Waals surface area contributed by atoms with Crippen molar-refractivity contribution in [2.45, 2.75) is 19.3 Å². The highest BCUT2D eigenvalue weighted by Crippen LogP contribution is 2.19. The van der Waals surface area contributed by atoms with E-state index in [1.165, 1.54) is 0 Å². The molecule has 0 radical (unpaired) electrons. The molecule has 0 rings (SSSR count). The molecule has 9 heteroatoms. The summed E-state index contributed by atoms with van der Waals surface area (Å²) in [6, 6.07) is 0. The van der Waals surface area contributed by atoms with Crippen molar-refractivity contribution in [2.24, 2.45) is 11.5 Å². The Balaban J connectivity index is 3.22. The summed E-state index contributed by atoms with van der Waals surface area (Å²) in [7, 11) is 3.39. The van der Waals surface area contributed by atoms with Gasteiger partial charge in [0.2, 0.25) is 11.8 Å². The number of hydrogen-bond acceptors (Lipinski definition) is 7. The molecular weight excluding hydrogens is 322 g/mol. The number of amides is 2. The maximum Gasteiger partial charge on any atom is 0.221 e. The molecule has 0 aliphatic heterocycles. The Labute approximate surface area is 140 Å². The highest BCUT2D eigenvalue weighted by Gasteiger charge is 2.01. The molecule has 0 saturated heterocycles. The topological polar surface area (TPSA) is 122 Å². The van der Waals surface area contributed by atoms with Gasteiger partial charge >= 0.3 is 0 Å². The molecule has 0 aromatic rings. The van der Waals surface area contributed by atoms with Crippen molar-refractivity contribution in [3.63, 3.8) is 0 Å². The molecule has 130 valence electrons. The first-order chi connectivity index (χ1) is 10.7. The Kier molecular flexibility index (Phi) is 16.5. The molecule has 0 heterocycles. The van der Waals surface area contributed by atoms with Gasteiger partial charge in [-0.1, -0.05) is 21.6 Å². The van der Waals surface area contributed by atoms with E-state index in [0.29, 0.717) is 45.6 Å². The fourth-order valence-electron chi connectivity index (χ4n) is 1.45. The van der Waals surface area contributed by atoms with E-state index in [-0.39, 0.29) is 11.8 Å². The van der Waals surface area contributed by atoms with Crippen LogP contribution in [0.3, 0.4) is 0 Å². The standard InChI is InChI=1S/C13H29N5O2S2/c14-4-1-2-12(19)17-8-10-21-22-11-9-18-13(20)3-6-16-7-5-15/h16H,1-11,14-15H2,(H,17,19)(H,18,20). The van der Waals surface area contributed by atoms with Crippen molar-refractivity contribution >= 4 is 33.4 Å². The van der Waals surface area contributed by atoms with E-state index in [1.807, 2.05) is 0 Å². The zero-order valence-corrected chi connectivity index (χ0v) is 14.7. The first-order valence-electron chi connectivity index (χ1n) is 7.59. The lowest BCUT2D eigenvalue weighted by Crippen LogP contribution is -2.31. The Morgan fingerprint density at radius 3 is 1.91 bits per heavy atom. The van der Waals surface area contributed by atoms with Crippen LogP contribution in [0.5, 0.6) is 0 Å². The van der Waals surface area contributed by atoms with Crippen LogP contribution in [0.2, 0.25) is 0 Å². The lowest BCUT2D eigenvalue weighted by Gasteiger charge is -2.06. The van der Waals surface area contributed by atoms with E-state index in [2.05, 4.69) is 16.0 Å². The maximum absolute atomic E-state index is 11.4. The van der Waals surface area contributed by atoms with Crippen molar-refractivity contribution in [1.82, 2.24) is 16.0 Å². The average molecular weight is 352 g/mol. The van der Waals surface area contributed by atoms with Crippen LogP contribution in [0, 0.1) is 0 Å². The second kappa shape index (κ2) is 16.9. The van der Waals surface area contributed by atoms with Gasteiger partial charge in [-0.15, -0.1) is 0 Å². The highest BCUT2D eigenvalue weighted by atomic mass is 33.1. The van der Waals surface area contributed by atoms with Crippen LogP contribution in [-0.2, 0) is 9.59 Å². The molecule has 2 amide bonds. The van der Waals surface area contributed by atoms with Gasteiger partial charge in [-0.05, 0) is 13.0 Å². The number of rotatable bonds is 15. The molecule has 22 heavy (non-hydrogen) atoms. The van der Waals surface area contributed by atoms with Crippen LogP contribution >= 0.6 is 21.6 Å². The van der Waals surface area contributed by atoms with Crippen LogP contribution in [0.25, 0.3) is 0 Å². The van der Waals surface area contributed by atoms with E-state index in [4.69, 9.17) is 11.5 Å². The summed E-state index contributed by atoms with van der Waals surface area (Å²) < 4.78 is 0. The Bertz CT molecular complexity index is 296. The average Bonchev–Trinajstić information content (AvgIpc) is 2.52. The lowest BCUT2D eigenvalue weighted by molar-refractivity contribution is -0.121. The van der Waals surface area contributed by atoms with Gasteiger partial charge in [0.15, 0.2) is 0 Å². The van der Waals surface area contributed by atoms with Crippen LogP contribution in [-0.4, -0.2) is 62.6 Å². The number of carbonyl (C=O) groups excluding carboxylic acids is 2. The van der Waals surface area contributed by atoms with E-state index in [9.17, 15) is 9.59 Å². The number of carbonyl (C=O) groups is 2. The summed E-state index contributed by atoms with van der Waals surface area (Å²) in [5.74, 6) is 1.83. The predicted molar refractivity (Wildman–Crippen MR) is 95.8 cm³/mol. The van der Waals surface area contributed by atoms with E-state index in [0.717, 1.165) is 24.5 Å². The van der Waals surface area contributed by atoms with Crippen molar-refractivity contribution in [3.05, 3.63) is 0 Å². The van der Waals surface area contributed by atoms with Crippen molar-refractivity contribution in [1.29, 1.82) is 0 Å². The van der Waals surface area contributed by atoms with Gasteiger partial charge in [0.25, 0.3) is 0 Å². The third-order valence-electron chi connectivity index (χ3n) is 2.56. The summed E-state index contributed by atoms with van der Waals surface area (Å²) >= 11 is 0. The number of nitrogens with one attached hydrogen (secondary N) is 3. The molecule has 0 spiro atoms. The molecule has 0 unspecified atom stereocenters. The molecule has 0 atom stereocenters. The van der Waals surface area contributed by atoms with Gasteiger partial charge in [0.05, 0.1) is 0 Å². The molecule has 0 aliphatic rings. The lowest BCUT2D eigenvalue weighted by atomic mass is 10.3. The fourth-order valence-corrected chi connectivity index (χ4v) is 3.26. The molecule has 7 N–H and O–H groups in total. The minimum absolute atomic E-state index is 0.0577. The monoisotopic (exact) mass is 351 g/mol. The van der Waals surface area contributed by atoms with E-state index < -0.39 is 0 Å². The molecule has 0 fully saturated rings. The van der Waals surface area contributed by atoms with E-state index in [1.54, 1.807) is 21.6 Å². The zero-order chi connectivity index (χ0) is 16.5. The predicted octanol–water partition coefficient (Wildman–Crippen LogP) is -0.722. The van der Waals surface area contributed by atoms with Gasteiger partial charge in [0.1, 0.15) is 0 Å². The van der Waals surface area contributed by atoms with Crippen molar-refractivity contribution < 1.29 is 9.59 Å². The van der Waals surface area contributed by atoms with Crippen molar-refractivity contribution in [3.8, 4) is 0 Å². The summed E-state index contributed by atoms with van der Waals surface area (Å²) in [5, 5.41) is 8.79. The third-order valence-corrected chi connectivity index (χ3v) is 4.96. The zero-order valence-electron chi connectivity index (χ0n) is 13.1. The summed E-state index contributed by atoms with van der Waals surface area (Å²) in [5.41, 5.74) is 10.7. The molecule has 0 aliphatic carbocycles.